The summed E-state index contributed by atoms with van der Waals surface area (Å²) in [6, 6.07) is 0. The molecule has 0 aromatic rings. The summed E-state index contributed by atoms with van der Waals surface area (Å²) in [6.45, 7) is 24.0. The summed E-state index contributed by atoms with van der Waals surface area (Å²) in [7, 11) is 0. The predicted molar refractivity (Wildman–Crippen MR) is 103 cm³/mol. The van der Waals surface area contributed by atoms with Crippen LogP contribution >= 0.6 is 0 Å². The standard InChI is InChI=1S/C15H18.3C2H6/c1-5-8-10-14-12(4)11-13(7-3)15(14)9-6-2;3*1-2/h5-10H,3-4,11H2,1-2H3;3*1-2H3/b8-5-,9-6-,14-10+;;;. The van der Waals surface area contributed by atoms with Gasteiger partial charge in [0.05, 0.1) is 0 Å². The first kappa shape index (κ1) is 24.5. The van der Waals surface area contributed by atoms with Crippen molar-refractivity contribution in [3.63, 3.8) is 0 Å². The van der Waals surface area contributed by atoms with Gasteiger partial charge in [-0.3, -0.25) is 0 Å². The Labute approximate surface area is 134 Å². The molecule has 0 N–H and O–H groups in total. The smallest absolute Gasteiger partial charge is 0.00195 e. The third-order valence-electron chi connectivity index (χ3n) is 2.46. The topological polar surface area (TPSA) is 0 Å². The van der Waals surface area contributed by atoms with E-state index in [1.165, 1.54) is 22.3 Å². The quantitative estimate of drug-likeness (QED) is 0.502. The molecule has 1 aliphatic carbocycles. The van der Waals surface area contributed by atoms with Crippen molar-refractivity contribution in [3.8, 4) is 0 Å². The summed E-state index contributed by atoms with van der Waals surface area (Å²) >= 11 is 0. The van der Waals surface area contributed by atoms with Crippen LogP contribution in [0.4, 0.5) is 0 Å². The molecule has 0 unspecified atom stereocenters. The molecule has 0 fully saturated rings. The lowest BCUT2D eigenvalue weighted by molar-refractivity contribution is 1.27. The van der Waals surface area contributed by atoms with Crippen molar-refractivity contribution in [1.29, 1.82) is 0 Å². The molecule has 0 spiro atoms. The summed E-state index contributed by atoms with van der Waals surface area (Å²) < 4.78 is 0. The number of hydrogen-bond acceptors (Lipinski definition) is 0. The molecule has 0 saturated carbocycles. The first-order chi connectivity index (χ1) is 10.2. The fraction of sp³-hybridized carbons (Fsp3) is 0.429. The van der Waals surface area contributed by atoms with Crippen molar-refractivity contribution in [2.75, 3.05) is 0 Å². The van der Waals surface area contributed by atoms with E-state index in [1.807, 2.05) is 67.5 Å². The average Bonchev–Trinajstić information content (AvgIpc) is 2.87. The van der Waals surface area contributed by atoms with E-state index in [0.717, 1.165) is 6.42 Å². The van der Waals surface area contributed by atoms with E-state index in [4.69, 9.17) is 0 Å². The molecule has 0 heteroatoms. The third kappa shape index (κ3) is 9.07. The largest absolute Gasteiger partial charge is 0.0988 e. The van der Waals surface area contributed by atoms with Crippen molar-refractivity contribution in [2.45, 2.75) is 61.8 Å². The highest BCUT2D eigenvalue weighted by atomic mass is 14.2. The second-order valence-corrected chi connectivity index (χ2v) is 3.53. The molecule has 0 aromatic carbocycles. The molecule has 0 saturated heterocycles. The molecule has 0 bridgehead atoms. The SMILES string of the molecule is C=CC1=C(/C=C\C)/C(=C/C=C\C)C(=C)C1.CC.CC.CC. The second-order valence-electron chi connectivity index (χ2n) is 3.53. The first-order valence-electron chi connectivity index (χ1n) is 8.24. The molecular weight excluding hydrogens is 252 g/mol. The van der Waals surface area contributed by atoms with E-state index >= 15 is 0 Å². The first-order valence-corrected chi connectivity index (χ1v) is 8.24. The Hall–Kier alpha value is -1.56. The van der Waals surface area contributed by atoms with Gasteiger partial charge >= 0.3 is 0 Å². The van der Waals surface area contributed by atoms with Gasteiger partial charge < -0.3 is 0 Å². The Morgan fingerprint density at radius 2 is 1.43 bits per heavy atom. The van der Waals surface area contributed by atoms with Crippen LogP contribution in [0.3, 0.4) is 0 Å². The van der Waals surface area contributed by atoms with E-state index in [0.29, 0.717) is 0 Å². The van der Waals surface area contributed by atoms with Gasteiger partial charge in [0.25, 0.3) is 0 Å². The Morgan fingerprint density at radius 1 is 0.905 bits per heavy atom. The minimum atomic E-state index is 0.923. The molecule has 0 amide bonds. The van der Waals surface area contributed by atoms with Gasteiger partial charge in [0.15, 0.2) is 0 Å². The van der Waals surface area contributed by atoms with Crippen molar-refractivity contribution in [3.05, 3.63) is 71.9 Å². The van der Waals surface area contributed by atoms with E-state index in [1.54, 1.807) is 0 Å². The summed E-state index contributed by atoms with van der Waals surface area (Å²) in [5.41, 5.74) is 4.95. The van der Waals surface area contributed by atoms with Crippen LogP contribution in [0.1, 0.15) is 61.8 Å². The molecule has 0 atom stereocenters. The van der Waals surface area contributed by atoms with Crippen LogP contribution in [0, 0.1) is 0 Å². The zero-order valence-electron chi connectivity index (χ0n) is 15.6. The summed E-state index contributed by atoms with van der Waals surface area (Å²) in [6.07, 6.45) is 13.2. The third-order valence-corrected chi connectivity index (χ3v) is 2.46. The highest BCUT2D eigenvalue weighted by molar-refractivity contribution is 5.63. The zero-order valence-corrected chi connectivity index (χ0v) is 15.6. The van der Waals surface area contributed by atoms with E-state index < -0.39 is 0 Å². The summed E-state index contributed by atoms with van der Waals surface area (Å²) in [5.74, 6) is 0. The van der Waals surface area contributed by atoms with Crippen LogP contribution in [0.25, 0.3) is 0 Å². The Bertz CT molecular complexity index is 384. The Morgan fingerprint density at radius 3 is 1.81 bits per heavy atom. The molecule has 0 radical (unpaired) electrons. The van der Waals surface area contributed by atoms with Crippen LogP contribution in [0.5, 0.6) is 0 Å². The average molecular weight is 289 g/mol. The zero-order chi connectivity index (χ0) is 17.3. The van der Waals surface area contributed by atoms with Gasteiger partial charge in [-0.25, -0.2) is 0 Å². The molecule has 0 nitrogen and oxygen atoms in total. The van der Waals surface area contributed by atoms with Crippen LogP contribution in [-0.2, 0) is 0 Å². The molecule has 21 heavy (non-hydrogen) atoms. The maximum atomic E-state index is 4.09. The second kappa shape index (κ2) is 18.4. The monoisotopic (exact) mass is 288 g/mol. The molecule has 0 aromatic heterocycles. The maximum Gasteiger partial charge on any atom is -0.00195 e. The van der Waals surface area contributed by atoms with Crippen molar-refractivity contribution >= 4 is 0 Å². The maximum absolute atomic E-state index is 4.09. The lowest BCUT2D eigenvalue weighted by atomic mass is 10.0. The van der Waals surface area contributed by atoms with Gasteiger partial charge in [0.2, 0.25) is 0 Å². The predicted octanol–water partition coefficient (Wildman–Crippen LogP) is 7.59. The minimum Gasteiger partial charge on any atom is -0.0988 e. The molecule has 120 valence electrons. The van der Waals surface area contributed by atoms with Crippen LogP contribution < -0.4 is 0 Å². The fourth-order valence-electron chi connectivity index (χ4n) is 1.73. The van der Waals surface area contributed by atoms with Gasteiger partial charge in [-0.15, -0.1) is 0 Å². The highest BCUT2D eigenvalue weighted by Gasteiger charge is 2.18. The van der Waals surface area contributed by atoms with Gasteiger partial charge in [-0.2, -0.15) is 0 Å². The van der Waals surface area contributed by atoms with E-state index in [9.17, 15) is 0 Å². The van der Waals surface area contributed by atoms with Crippen molar-refractivity contribution in [2.24, 2.45) is 0 Å². The van der Waals surface area contributed by atoms with Crippen molar-refractivity contribution in [1.82, 2.24) is 0 Å². The van der Waals surface area contributed by atoms with Crippen molar-refractivity contribution < 1.29 is 0 Å². The Kier molecular flexibility index (Phi) is 21.5. The molecule has 1 aliphatic rings. The molecular formula is C21H36. The molecule has 0 aliphatic heterocycles. The normalized spacial score (nSPS) is 15.2. The summed E-state index contributed by atoms with van der Waals surface area (Å²) in [4.78, 5) is 0. The van der Waals surface area contributed by atoms with Crippen LogP contribution in [-0.4, -0.2) is 0 Å². The fourth-order valence-corrected chi connectivity index (χ4v) is 1.73. The summed E-state index contributed by atoms with van der Waals surface area (Å²) in [5, 5.41) is 0. The van der Waals surface area contributed by atoms with Crippen LogP contribution in [0.15, 0.2) is 71.9 Å². The number of allylic oxidation sites excluding steroid dienone is 10. The minimum absolute atomic E-state index is 0.923. The highest BCUT2D eigenvalue weighted by Crippen LogP contribution is 2.36. The molecule has 1 rings (SSSR count). The van der Waals surface area contributed by atoms with Gasteiger partial charge in [-0.1, -0.05) is 91.2 Å². The van der Waals surface area contributed by atoms with E-state index in [-0.39, 0.29) is 0 Å². The number of hydrogen-bond donors (Lipinski definition) is 0. The number of rotatable bonds is 3. The molecule has 0 heterocycles. The van der Waals surface area contributed by atoms with Gasteiger partial charge in [0, 0.05) is 0 Å². The van der Waals surface area contributed by atoms with Crippen LogP contribution in [0.2, 0.25) is 0 Å². The Balaban J connectivity index is -0.000000478. The lowest BCUT2D eigenvalue weighted by Crippen LogP contribution is -1.81. The van der Waals surface area contributed by atoms with Gasteiger partial charge in [0.1, 0.15) is 0 Å². The van der Waals surface area contributed by atoms with E-state index in [2.05, 4.69) is 37.5 Å². The van der Waals surface area contributed by atoms with Gasteiger partial charge in [-0.05, 0) is 42.6 Å². The lowest BCUT2D eigenvalue weighted by Gasteiger charge is -2.00.